The predicted molar refractivity (Wildman–Crippen MR) is 103 cm³/mol. The van der Waals surface area contributed by atoms with Crippen molar-refractivity contribution in [1.82, 2.24) is 4.57 Å². The zero-order valence-corrected chi connectivity index (χ0v) is 16.0. The third kappa shape index (κ3) is 4.37. The number of nitrogens with zero attached hydrogens (tertiary/aromatic N) is 1. The average molecular weight is 404 g/mol. The van der Waals surface area contributed by atoms with Gasteiger partial charge in [0.2, 0.25) is 0 Å². The Morgan fingerprint density at radius 1 is 1.03 bits per heavy atom. The molecule has 0 bridgehead atoms. The van der Waals surface area contributed by atoms with Crippen LogP contribution in [0.15, 0.2) is 48.5 Å². The summed E-state index contributed by atoms with van der Waals surface area (Å²) in [6.07, 6.45) is 0. The van der Waals surface area contributed by atoms with Crippen LogP contribution in [0.25, 0.3) is 5.69 Å². The van der Waals surface area contributed by atoms with Crippen molar-refractivity contribution in [3.05, 3.63) is 71.3 Å². The van der Waals surface area contributed by atoms with E-state index in [1.54, 1.807) is 25.1 Å². The SMILES string of the molecule is COc1ccc(NC(=O)c2cc(C)n(-c3ccc(F)cc3)c2C)cc1OC(F)F. The summed E-state index contributed by atoms with van der Waals surface area (Å²) in [7, 11) is 1.33. The van der Waals surface area contributed by atoms with Gasteiger partial charge in [-0.3, -0.25) is 4.79 Å². The van der Waals surface area contributed by atoms with Crippen LogP contribution < -0.4 is 14.8 Å². The molecule has 0 aliphatic heterocycles. The van der Waals surface area contributed by atoms with E-state index in [0.29, 0.717) is 11.3 Å². The molecule has 29 heavy (non-hydrogen) atoms. The smallest absolute Gasteiger partial charge is 0.387 e. The van der Waals surface area contributed by atoms with Crippen LogP contribution in [0, 0.1) is 19.7 Å². The molecule has 1 N–H and O–H groups in total. The minimum Gasteiger partial charge on any atom is -0.493 e. The van der Waals surface area contributed by atoms with Crippen LogP contribution in [-0.4, -0.2) is 24.2 Å². The molecule has 0 spiro atoms. The Morgan fingerprint density at radius 3 is 2.34 bits per heavy atom. The summed E-state index contributed by atoms with van der Waals surface area (Å²) in [5.74, 6) is -0.829. The Kier molecular flexibility index (Phi) is 5.81. The second kappa shape index (κ2) is 8.30. The topological polar surface area (TPSA) is 52.5 Å². The second-order valence-electron chi connectivity index (χ2n) is 6.29. The number of methoxy groups -OCH3 is 1. The maximum Gasteiger partial charge on any atom is 0.387 e. The number of hydrogen-bond donors (Lipinski definition) is 1. The highest BCUT2D eigenvalue weighted by atomic mass is 19.3. The molecule has 1 amide bonds. The highest BCUT2D eigenvalue weighted by molar-refractivity contribution is 6.05. The van der Waals surface area contributed by atoms with Gasteiger partial charge in [-0.1, -0.05) is 0 Å². The molecule has 1 aromatic heterocycles. The van der Waals surface area contributed by atoms with Gasteiger partial charge in [-0.15, -0.1) is 0 Å². The van der Waals surface area contributed by atoms with Crippen molar-refractivity contribution in [3.63, 3.8) is 0 Å². The monoisotopic (exact) mass is 404 g/mol. The van der Waals surface area contributed by atoms with E-state index in [9.17, 15) is 18.0 Å². The number of ether oxygens (including phenoxy) is 2. The van der Waals surface area contributed by atoms with E-state index in [1.807, 2.05) is 11.5 Å². The highest BCUT2D eigenvalue weighted by Crippen LogP contribution is 2.32. The number of amides is 1. The normalized spacial score (nSPS) is 10.9. The molecule has 0 fully saturated rings. The van der Waals surface area contributed by atoms with Gasteiger partial charge < -0.3 is 19.4 Å². The fraction of sp³-hybridized carbons (Fsp3) is 0.190. The first kappa shape index (κ1) is 20.3. The summed E-state index contributed by atoms with van der Waals surface area (Å²) in [6.45, 7) is 0.573. The van der Waals surface area contributed by atoms with Crippen molar-refractivity contribution in [2.75, 3.05) is 12.4 Å². The standard InChI is InChI=1S/C21H19F3N2O3/c1-12-10-17(13(2)26(12)16-7-4-14(22)5-8-16)20(27)25-15-6-9-18(28-3)19(11-15)29-21(23)24/h4-11,21H,1-3H3,(H,25,27). The van der Waals surface area contributed by atoms with Crippen LogP contribution in [-0.2, 0) is 0 Å². The van der Waals surface area contributed by atoms with Crippen molar-refractivity contribution in [2.24, 2.45) is 0 Å². The van der Waals surface area contributed by atoms with Crippen molar-refractivity contribution in [1.29, 1.82) is 0 Å². The van der Waals surface area contributed by atoms with E-state index < -0.39 is 12.5 Å². The molecule has 0 aliphatic carbocycles. The molecule has 3 aromatic rings. The number of hydrogen-bond acceptors (Lipinski definition) is 3. The van der Waals surface area contributed by atoms with Crippen LogP contribution in [0.4, 0.5) is 18.9 Å². The van der Waals surface area contributed by atoms with Gasteiger partial charge in [-0.25, -0.2) is 4.39 Å². The summed E-state index contributed by atoms with van der Waals surface area (Å²) in [4.78, 5) is 12.8. The number of anilines is 1. The zero-order chi connectivity index (χ0) is 21.1. The van der Waals surface area contributed by atoms with Crippen LogP contribution >= 0.6 is 0 Å². The molecule has 5 nitrogen and oxygen atoms in total. The Labute approximate surface area is 165 Å². The van der Waals surface area contributed by atoms with E-state index in [2.05, 4.69) is 10.1 Å². The van der Waals surface area contributed by atoms with Gasteiger partial charge >= 0.3 is 6.61 Å². The minimum absolute atomic E-state index is 0.123. The van der Waals surface area contributed by atoms with E-state index in [1.165, 1.54) is 37.4 Å². The van der Waals surface area contributed by atoms with Gasteiger partial charge in [0.25, 0.3) is 5.91 Å². The molecule has 0 saturated heterocycles. The molecule has 8 heteroatoms. The van der Waals surface area contributed by atoms with Crippen molar-refractivity contribution in [3.8, 4) is 17.2 Å². The first-order chi connectivity index (χ1) is 13.8. The summed E-state index contributed by atoms with van der Waals surface area (Å²) in [6, 6.07) is 11.8. The number of rotatable bonds is 6. The highest BCUT2D eigenvalue weighted by Gasteiger charge is 2.18. The maximum atomic E-state index is 13.2. The van der Waals surface area contributed by atoms with Crippen LogP contribution in [0.1, 0.15) is 21.7 Å². The predicted octanol–water partition coefficient (Wildman–Crippen LogP) is 5.10. The number of halogens is 3. The molecule has 0 radical (unpaired) electrons. The molecule has 0 aliphatic rings. The van der Waals surface area contributed by atoms with Gasteiger partial charge in [-0.2, -0.15) is 8.78 Å². The summed E-state index contributed by atoms with van der Waals surface area (Å²) < 4.78 is 49.6. The average Bonchev–Trinajstić information content (AvgIpc) is 2.97. The molecule has 0 saturated carbocycles. The fourth-order valence-corrected chi connectivity index (χ4v) is 3.12. The largest absolute Gasteiger partial charge is 0.493 e. The Bertz CT molecular complexity index is 1030. The van der Waals surface area contributed by atoms with Crippen molar-refractivity contribution in [2.45, 2.75) is 20.5 Å². The number of aryl methyl sites for hydroxylation is 1. The molecular formula is C21H19F3N2O3. The van der Waals surface area contributed by atoms with Crippen molar-refractivity contribution >= 4 is 11.6 Å². The number of aromatic nitrogens is 1. The lowest BCUT2D eigenvalue weighted by atomic mass is 10.2. The molecule has 2 aromatic carbocycles. The molecule has 1 heterocycles. The number of carbonyl (C=O) groups excluding carboxylic acids is 1. The van der Waals surface area contributed by atoms with E-state index in [-0.39, 0.29) is 23.0 Å². The first-order valence-corrected chi connectivity index (χ1v) is 8.69. The quantitative estimate of drug-likeness (QED) is 0.622. The number of alkyl halides is 2. The molecule has 3 rings (SSSR count). The Balaban J connectivity index is 1.88. The molecule has 152 valence electrons. The van der Waals surface area contributed by atoms with Gasteiger partial charge in [0.05, 0.1) is 12.7 Å². The fourth-order valence-electron chi connectivity index (χ4n) is 3.12. The van der Waals surface area contributed by atoms with Crippen molar-refractivity contribution < 1.29 is 27.4 Å². The number of carbonyl (C=O) groups is 1. The first-order valence-electron chi connectivity index (χ1n) is 8.69. The maximum absolute atomic E-state index is 13.2. The molecule has 0 unspecified atom stereocenters. The third-order valence-corrected chi connectivity index (χ3v) is 4.40. The third-order valence-electron chi connectivity index (χ3n) is 4.40. The second-order valence-corrected chi connectivity index (χ2v) is 6.29. The Morgan fingerprint density at radius 2 is 1.72 bits per heavy atom. The summed E-state index contributed by atoms with van der Waals surface area (Å²) >= 11 is 0. The lowest BCUT2D eigenvalue weighted by Crippen LogP contribution is -2.13. The van der Waals surface area contributed by atoms with E-state index in [4.69, 9.17) is 4.74 Å². The lowest BCUT2D eigenvalue weighted by molar-refractivity contribution is -0.0511. The summed E-state index contributed by atoms with van der Waals surface area (Å²) in [5, 5.41) is 2.67. The number of benzene rings is 2. The Hall–Kier alpha value is -3.42. The molecule has 0 atom stereocenters. The van der Waals surface area contributed by atoms with Crippen LogP contribution in [0.2, 0.25) is 0 Å². The lowest BCUT2D eigenvalue weighted by Gasteiger charge is -2.12. The van der Waals surface area contributed by atoms with Gasteiger partial charge in [-0.05, 0) is 56.3 Å². The minimum atomic E-state index is -3.02. The zero-order valence-electron chi connectivity index (χ0n) is 16.0. The van der Waals surface area contributed by atoms with Gasteiger partial charge in [0.15, 0.2) is 11.5 Å². The number of nitrogens with one attached hydrogen (secondary N) is 1. The summed E-state index contributed by atoms with van der Waals surface area (Å²) in [5.41, 5.74) is 2.84. The van der Waals surface area contributed by atoms with Crippen LogP contribution in [0.3, 0.4) is 0 Å². The van der Waals surface area contributed by atoms with Gasteiger partial charge in [0, 0.05) is 28.8 Å². The van der Waals surface area contributed by atoms with Gasteiger partial charge in [0.1, 0.15) is 5.82 Å². The van der Waals surface area contributed by atoms with Crippen LogP contribution in [0.5, 0.6) is 11.5 Å². The van der Waals surface area contributed by atoms with E-state index >= 15 is 0 Å². The molecular weight excluding hydrogens is 385 g/mol. The van der Waals surface area contributed by atoms with E-state index in [0.717, 1.165) is 11.4 Å².